The molecular weight excluding hydrogens is 333 g/mol. The van der Waals surface area contributed by atoms with E-state index in [1.807, 2.05) is 17.0 Å². The second kappa shape index (κ2) is 9.36. The van der Waals surface area contributed by atoms with Crippen LogP contribution in [0, 0.1) is 5.41 Å². The number of nitrogens with two attached hydrogens (primary N) is 1. The van der Waals surface area contributed by atoms with E-state index in [0.717, 1.165) is 32.7 Å². The molecule has 1 fully saturated rings. The summed E-state index contributed by atoms with van der Waals surface area (Å²) in [7, 11) is 0. The fourth-order valence-corrected chi connectivity index (χ4v) is 2.52. The lowest BCUT2D eigenvalue weighted by molar-refractivity contribution is 0.0623. The summed E-state index contributed by atoms with van der Waals surface area (Å²) in [5, 5.41) is 0. The summed E-state index contributed by atoms with van der Waals surface area (Å²) in [6.07, 6.45) is 1.19. The van der Waals surface area contributed by atoms with Crippen LogP contribution in [0.1, 0.15) is 37.6 Å². The quantitative estimate of drug-likeness (QED) is 0.840. The molecule has 0 unspecified atom stereocenters. The van der Waals surface area contributed by atoms with Gasteiger partial charge in [0.25, 0.3) is 5.91 Å². The average Bonchev–Trinajstić information content (AvgIpc) is 2.44. The highest BCUT2D eigenvalue weighted by molar-refractivity contribution is 5.95. The number of carbonyl (C=O) groups excluding carboxylic acids is 1. The topological polar surface area (TPSA) is 49.6 Å². The fourth-order valence-electron chi connectivity index (χ4n) is 2.52. The van der Waals surface area contributed by atoms with Gasteiger partial charge in [0.2, 0.25) is 0 Å². The van der Waals surface area contributed by atoms with E-state index in [9.17, 15) is 4.79 Å². The van der Waals surface area contributed by atoms with Crippen LogP contribution in [0.15, 0.2) is 24.3 Å². The highest BCUT2D eigenvalue weighted by Gasteiger charge is 2.23. The summed E-state index contributed by atoms with van der Waals surface area (Å²) in [5.41, 5.74) is 7.45. The Bertz CT molecular complexity index is 495. The molecular formula is C17H29Cl2N3O. The van der Waals surface area contributed by atoms with Crippen molar-refractivity contribution in [1.82, 2.24) is 9.80 Å². The van der Waals surface area contributed by atoms with Crippen molar-refractivity contribution in [2.24, 2.45) is 5.41 Å². The van der Waals surface area contributed by atoms with Gasteiger partial charge >= 0.3 is 0 Å². The smallest absolute Gasteiger partial charge is 0.254 e. The summed E-state index contributed by atoms with van der Waals surface area (Å²) in [6.45, 7) is 11.5. The minimum Gasteiger partial charge on any atom is -0.399 e. The number of hydrogen-bond acceptors (Lipinski definition) is 3. The van der Waals surface area contributed by atoms with Gasteiger partial charge in [-0.2, -0.15) is 0 Å². The van der Waals surface area contributed by atoms with Gasteiger partial charge in [0, 0.05) is 37.4 Å². The van der Waals surface area contributed by atoms with Crippen LogP contribution >= 0.6 is 24.8 Å². The van der Waals surface area contributed by atoms with Gasteiger partial charge in [0.15, 0.2) is 0 Å². The maximum atomic E-state index is 12.4. The van der Waals surface area contributed by atoms with Crippen LogP contribution in [0.25, 0.3) is 0 Å². The lowest BCUT2D eigenvalue weighted by Crippen LogP contribution is -2.49. The van der Waals surface area contributed by atoms with Crippen molar-refractivity contribution in [3.8, 4) is 0 Å². The highest BCUT2D eigenvalue weighted by Crippen LogP contribution is 2.19. The average molecular weight is 362 g/mol. The van der Waals surface area contributed by atoms with E-state index in [2.05, 4.69) is 25.7 Å². The lowest BCUT2D eigenvalue weighted by Gasteiger charge is -2.36. The first-order chi connectivity index (χ1) is 9.85. The van der Waals surface area contributed by atoms with Crippen molar-refractivity contribution in [2.45, 2.75) is 27.2 Å². The normalized spacial score (nSPS) is 15.5. The first-order valence-electron chi connectivity index (χ1n) is 7.72. The van der Waals surface area contributed by atoms with Gasteiger partial charge in [-0.1, -0.05) is 26.8 Å². The van der Waals surface area contributed by atoms with Crippen molar-refractivity contribution in [2.75, 3.05) is 38.5 Å². The molecule has 1 aliphatic rings. The molecule has 0 spiro atoms. The maximum absolute atomic E-state index is 12.4. The Morgan fingerprint density at radius 1 is 1.13 bits per heavy atom. The van der Waals surface area contributed by atoms with Crippen LogP contribution in [-0.4, -0.2) is 48.4 Å². The van der Waals surface area contributed by atoms with Gasteiger partial charge in [-0.15, -0.1) is 24.8 Å². The predicted molar refractivity (Wildman–Crippen MR) is 102 cm³/mol. The predicted octanol–water partition coefficient (Wildman–Crippen LogP) is 3.31. The van der Waals surface area contributed by atoms with E-state index in [-0.39, 0.29) is 30.7 Å². The summed E-state index contributed by atoms with van der Waals surface area (Å²) >= 11 is 0. The molecule has 2 N–H and O–H groups in total. The molecule has 0 bridgehead atoms. The van der Waals surface area contributed by atoms with Crippen molar-refractivity contribution in [3.63, 3.8) is 0 Å². The molecule has 0 radical (unpaired) electrons. The third-order valence-electron chi connectivity index (χ3n) is 3.97. The lowest BCUT2D eigenvalue weighted by atomic mass is 9.92. The SMILES string of the molecule is CC(C)(C)CCN1CCN(C(=O)c2cccc(N)c2)CC1.Cl.Cl. The number of rotatable bonds is 3. The number of amides is 1. The zero-order valence-electron chi connectivity index (χ0n) is 14.2. The molecule has 2 rings (SSSR count). The van der Waals surface area contributed by atoms with Crippen LogP contribution < -0.4 is 5.73 Å². The van der Waals surface area contributed by atoms with Gasteiger partial charge in [-0.05, 0) is 36.6 Å². The number of piperazine rings is 1. The summed E-state index contributed by atoms with van der Waals surface area (Å²) in [4.78, 5) is 16.8. The van der Waals surface area contributed by atoms with Gasteiger partial charge < -0.3 is 10.6 Å². The fraction of sp³-hybridized carbons (Fsp3) is 0.588. The zero-order chi connectivity index (χ0) is 15.5. The summed E-state index contributed by atoms with van der Waals surface area (Å²) in [5.74, 6) is 0.0952. The van der Waals surface area contributed by atoms with Crippen molar-refractivity contribution in [3.05, 3.63) is 29.8 Å². The number of halogens is 2. The first kappa shape index (κ1) is 22.0. The van der Waals surface area contributed by atoms with Crippen LogP contribution in [0.5, 0.6) is 0 Å². The molecule has 6 heteroatoms. The van der Waals surface area contributed by atoms with Crippen LogP contribution in [0.3, 0.4) is 0 Å². The largest absolute Gasteiger partial charge is 0.399 e. The number of nitrogens with zero attached hydrogens (tertiary/aromatic N) is 2. The van der Waals surface area contributed by atoms with Crippen molar-refractivity contribution >= 4 is 36.4 Å². The van der Waals surface area contributed by atoms with Crippen LogP contribution in [0.2, 0.25) is 0 Å². The third kappa shape index (κ3) is 6.98. The van der Waals surface area contributed by atoms with Gasteiger partial charge in [0.1, 0.15) is 0 Å². The number of benzene rings is 1. The molecule has 1 saturated heterocycles. The number of carbonyl (C=O) groups is 1. The van der Waals surface area contributed by atoms with E-state index in [4.69, 9.17) is 5.73 Å². The van der Waals surface area contributed by atoms with Gasteiger partial charge in [-0.3, -0.25) is 9.69 Å². The molecule has 132 valence electrons. The van der Waals surface area contributed by atoms with Crippen molar-refractivity contribution < 1.29 is 4.79 Å². The van der Waals surface area contributed by atoms with Crippen molar-refractivity contribution in [1.29, 1.82) is 0 Å². The summed E-state index contributed by atoms with van der Waals surface area (Å²) in [6, 6.07) is 7.24. The molecule has 0 saturated carbocycles. The Morgan fingerprint density at radius 3 is 2.26 bits per heavy atom. The zero-order valence-corrected chi connectivity index (χ0v) is 15.9. The number of hydrogen-bond donors (Lipinski definition) is 1. The van der Waals surface area contributed by atoms with E-state index in [1.54, 1.807) is 12.1 Å². The number of nitrogen functional groups attached to an aromatic ring is 1. The minimum absolute atomic E-state index is 0. The van der Waals surface area contributed by atoms with E-state index in [1.165, 1.54) is 6.42 Å². The molecule has 1 aromatic carbocycles. The Kier molecular flexibility index (Phi) is 8.96. The molecule has 0 atom stereocenters. The Hall–Kier alpha value is -0.970. The van der Waals surface area contributed by atoms with Crippen LogP contribution in [0.4, 0.5) is 5.69 Å². The Morgan fingerprint density at radius 2 is 1.74 bits per heavy atom. The molecule has 1 amide bonds. The molecule has 23 heavy (non-hydrogen) atoms. The second-order valence-electron chi connectivity index (χ2n) is 7.07. The van der Waals surface area contributed by atoms with Crippen LogP contribution in [-0.2, 0) is 0 Å². The van der Waals surface area contributed by atoms with Gasteiger partial charge in [0.05, 0.1) is 0 Å². The minimum atomic E-state index is 0. The molecule has 0 aromatic heterocycles. The Balaban J connectivity index is 0.00000242. The summed E-state index contributed by atoms with van der Waals surface area (Å²) < 4.78 is 0. The molecule has 1 aromatic rings. The molecule has 1 aliphatic heterocycles. The standard InChI is InChI=1S/C17H27N3O.2ClH/c1-17(2,3)7-8-19-9-11-20(12-10-19)16(21)14-5-4-6-15(18)13-14;;/h4-6,13H,7-12,18H2,1-3H3;2*1H. The molecule has 1 heterocycles. The van der Waals surface area contributed by atoms with E-state index in [0.29, 0.717) is 16.7 Å². The van der Waals surface area contributed by atoms with E-state index < -0.39 is 0 Å². The monoisotopic (exact) mass is 361 g/mol. The molecule has 0 aliphatic carbocycles. The first-order valence-corrected chi connectivity index (χ1v) is 7.72. The second-order valence-corrected chi connectivity index (χ2v) is 7.07. The number of anilines is 1. The third-order valence-corrected chi connectivity index (χ3v) is 3.97. The highest BCUT2D eigenvalue weighted by atomic mass is 35.5. The van der Waals surface area contributed by atoms with Gasteiger partial charge in [-0.25, -0.2) is 0 Å². The van der Waals surface area contributed by atoms with E-state index >= 15 is 0 Å². The Labute approximate surface area is 152 Å². The molecule has 4 nitrogen and oxygen atoms in total. The maximum Gasteiger partial charge on any atom is 0.254 e.